The van der Waals surface area contributed by atoms with E-state index >= 15 is 0 Å². The van der Waals surface area contributed by atoms with Crippen LogP contribution in [0.5, 0.6) is 0 Å². The lowest BCUT2D eigenvalue weighted by Crippen LogP contribution is -2.64. The third-order valence-electron chi connectivity index (χ3n) is 16.4. The van der Waals surface area contributed by atoms with Crippen LogP contribution in [0.4, 0.5) is 34.1 Å². The van der Waals surface area contributed by atoms with Gasteiger partial charge >= 0.3 is 0 Å². The van der Waals surface area contributed by atoms with E-state index in [9.17, 15) is 0 Å². The molecule has 15 aromatic rings. The highest BCUT2D eigenvalue weighted by Gasteiger charge is 2.52. The van der Waals surface area contributed by atoms with Gasteiger partial charge in [-0.1, -0.05) is 157 Å². The van der Waals surface area contributed by atoms with Gasteiger partial charge < -0.3 is 27.8 Å². The molecule has 348 valence electrons. The zero-order valence-electron chi connectivity index (χ0n) is 40.4. The number of fused-ring (bicyclic) bond motifs is 14. The third kappa shape index (κ3) is 5.03. The van der Waals surface area contributed by atoms with Crippen LogP contribution in [-0.2, 0) is 0 Å². The van der Waals surface area contributed by atoms with E-state index in [-0.39, 0.29) is 6.71 Å². The quantitative estimate of drug-likeness (QED) is 0.164. The zero-order chi connectivity index (χ0) is 48.8. The predicted molar refractivity (Wildman–Crippen MR) is 313 cm³/mol. The van der Waals surface area contributed by atoms with Gasteiger partial charge in [-0.05, 0) is 102 Å². The summed E-state index contributed by atoms with van der Waals surface area (Å²) in [6.07, 6.45) is 0. The molecule has 0 saturated carbocycles. The Labute approximate surface area is 433 Å². The summed E-state index contributed by atoms with van der Waals surface area (Å²) in [7, 11) is 0. The minimum absolute atomic E-state index is 0.221. The maximum atomic E-state index is 7.50. The molecule has 0 fully saturated rings. The highest BCUT2D eigenvalue weighted by atomic mass is 32.2. The van der Waals surface area contributed by atoms with Crippen LogP contribution in [0.1, 0.15) is 5.56 Å². The smallest absolute Gasteiger partial charge is 0.255 e. The highest BCUT2D eigenvalue weighted by molar-refractivity contribution is 8.00. The van der Waals surface area contributed by atoms with E-state index in [0.29, 0.717) is 0 Å². The Balaban J connectivity index is 1.13. The summed E-state index contributed by atoms with van der Waals surface area (Å²) in [4.78, 5) is 7.46. The van der Waals surface area contributed by atoms with Gasteiger partial charge in [-0.25, -0.2) is 0 Å². The summed E-state index contributed by atoms with van der Waals surface area (Å²) in [6, 6.07) is 79.7. The number of aromatic nitrogens is 2. The summed E-state index contributed by atoms with van der Waals surface area (Å²) >= 11 is 1.88. The molecule has 0 radical (unpaired) electrons. The Hall–Kier alpha value is -9.37. The van der Waals surface area contributed by atoms with Gasteiger partial charge in [0, 0.05) is 64.9 Å². The van der Waals surface area contributed by atoms with Crippen molar-refractivity contribution >= 4 is 156 Å². The van der Waals surface area contributed by atoms with Gasteiger partial charge in [0.15, 0.2) is 11.2 Å². The van der Waals surface area contributed by atoms with E-state index in [1.165, 1.54) is 43.5 Å². The molecule has 11 aromatic carbocycles. The Morgan fingerprint density at radius 1 is 0.360 bits per heavy atom. The lowest BCUT2D eigenvalue weighted by molar-refractivity contribution is 0.665. The minimum Gasteiger partial charge on any atom is -0.454 e. The number of benzene rings is 11. The van der Waals surface area contributed by atoms with E-state index in [0.717, 1.165) is 121 Å². The molecular weight excluding hydrogens is 936 g/mol. The Morgan fingerprint density at radius 2 is 0.707 bits per heavy atom. The average Bonchev–Trinajstić information content (AvgIpc) is 4.32. The van der Waals surface area contributed by atoms with Gasteiger partial charge in [0.25, 0.3) is 6.71 Å². The molecule has 0 aliphatic carbocycles. The molecule has 0 N–H and O–H groups in total. The number of furan rings is 2. The Bertz CT molecular complexity index is 4610. The lowest BCUT2D eigenvalue weighted by atomic mass is 9.33. The molecular formula is C67H39BN4O2S. The predicted octanol–water partition coefficient (Wildman–Crippen LogP) is 16.5. The second-order valence-electron chi connectivity index (χ2n) is 20.3. The first kappa shape index (κ1) is 40.2. The van der Waals surface area contributed by atoms with Crippen molar-refractivity contribution < 1.29 is 8.83 Å². The molecule has 0 saturated heterocycles. The maximum Gasteiger partial charge on any atom is 0.255 e. The fourth-order valence-corrected chi connectivity index (χ4v) is 15.1. The van der Waals surface area contributed by atoms with E-state index < -0.39 is 0 Å². The molecule has 3 aliphatic rings. The van der Waals surface area contributed by atoms with Crippen molar-refractivity contribution in [2.24, 2.45) is 0 Å². The van der Waals surface area contributed by atoms with E-state index in [1.54, 1.807) is 0 Å². The van der Waals surface area contributed by atoms with Crippen LogP contribution >= 0.6 is 11.8 Å². The number of anilines is 6. The summed E-state index contributed by atoms with van der Waals surface area (Å²) in [6.45, 7) is 2.03. The van der Waals surface area contributed by atoms with Crippen molar-refractivity contribution in [1.82, 2.24) is 9.13 Å². The third-order valence-corrected chi connectivity index (χ3v) is 17.7. The van der Waals surface area contributed by atoms with Gasteiger partial charge in [0.2, 0.25) is 0 Å². The summed E-state index contributed by atoms with van der Waals surface area (Å²) in [5.74, 6) is 0. The molecule has 75 heavy (non-hydrogen) atoms. The van der Waals surface area contributed by atoms with Crippen molar-refractivity contribution in [3.63, 3.8) is 0 Å². The van der Waals surface area contributed by atoms with Crippen LogP contribution in [0, 0.1) is 6.92 Å². The van der Waals surface area contributed by atoms with Crippen LogP contribution in [0.2, 0.25) is 0 Å². The molecule has 0 amide bonds. The van der Waals surface area contributed by atoms with Crippen LogP contribution in [0.15, 0.2) is 237 Å². The number of hydrogen-bond donors (Lipinski definition) is 0. The summed E-state index contributed by atoms with van der Waals surface area (Å²) in [5.41, 5.74) is 21.9. The fourth-order valence-electron chi connectivity index (χ4n) is 13.7. The molecule has 0 atom stereocenters. The van der Waals surface area contributed by atoms with Gasteiger partial charge in [-0.3, -0.25) is 0 Å². The van der Waals surface area contributed by atoms with Crippen LogP contribution in [0.3, 0.4) is 0 Å². The lowest BCUT2D eigenvalue weighted by Gasteiger charge is -2.48. The average molecular weight is 975 g/mol. The topological polar surface area (TPSA) is 42.6 Å². The molecule has 6 nitrogen and oxygen atoms in total. The molecule has 7 heterocycles. The first-order valence-electron chi connectivity index (χ1n) is 25.7. The van der Waals surface area contributed by atoms with Crippen molar-refractivity contribution in [1.29, 1.82) is 0 Å². The second-order valence-corrected chi connectivity index (χ2v) is 21.3. The number of aryl methyl sites for hydroxylation is 1. The van der Waals surface area contributed by atoms with Crippen molar-refractivity contribution in [3.05, 3.63) is 224 Å². The standard InChI is InChI=1S/C67H39BN4O2S/c1-38-36-51-57-52(37-38)70(40-22-6-3-7-23-40)61-56-46-29-13-19-35-54(46)74-65(56)63(72-49-32-16-10-26-43(49)44-27-11-17-33-50(44)72)67-59(61)68(57)58-60(69(51)39-20-4-2-5-21-39)55-45-28-12-18-34-53(45)73-64(55)62(66(58)75-67)71-47-30-14-8-24-41(47)42-25-9-15-31-48(42)71/h2-37H,1H3. The first-order chi connectivity index (χ1) is 37.2. The maximum absolute atomic E-state index is 7.50. The second kappa shape index (κ2) is 14.4. The van der Waals surface area contributed by atoms with Crippen LogP contribution < -0.4 is 26.2 Å². The van der Waals surface area contributed by atoms with Crippen LogP contribution in [-0.4, -0.2) is 15.8 Å². The monoisotopic (exact) mass is 974 g/mol. The minimum atomic E-state index is -0.221. The molecule has 0 unspecified atom stereocenters. The summed E-state index contributed by atoms with van der Waals surface area (Å²) in [5, 5.41) is 9.18. The van der Waals surface area contributed by atoms with Crippen molar-refractivity contribution in [2.75, 3.05) is 9.80 Å². The highest BCUT2D eigenvalue weighted by Crippen LogP contribution is 2.58. The molecule has 18 rings (SSSR count). The SMILES string of the molecule is Cc1cc2c3c(c1)N(c1ccccc1)c1c4c(c(-n5c6ccccc6c6ccccc65)c5oc6ccccc6c15)Sc1c(c(c5c(oc6ccccc65)c1-n1c5ccccc5c5ccccc51)N2c1ccccc1)B34. The van der Waals surface area contributed by atoms with Crippen molar-refractivity contribution in [2.45, 2.75) is 16.7 Å². The number of nitrogens with zero attached hydrogens (tertiary/aromatic N) is 4. The first-order valence-corrected chi connectivity index (χ1v) is 26.5. The normalized spacial score (nSPS) is 13.5. The van der Waals surface area contributed by atoms with Gasteiger partial charge in [-0.15, -0.1) is 0 Å². The van der Waals surface area contributed by atoms with E-state index in [4.69, 9.17) is 8.83 Å². The van der Waals surface area contributed by atoms with Gasteiger partial charge in [-0.2, -0.15) is 0 Å². The van der Waals surface area contributed by atoms with Crippen molar-refractivity contribution in [3.8, 4) is 11.4 Å². The van der Waals surface area contributed by atoms with E-state index in [1.807, 2.05) is 11.8 Å². The van der Waals surface area contributed by atoms with Gasteiger partial charge in [0.05, 0.1) is 44.2 Å². The molecule has 3 aliphatic heterocycles. The molecule has 0 bridgehead atoms. The summed E-state index contributed by atoms with van der Waals surface area (Å²) < 4.78 is 20.0. The number of para-hydroxylation sites is 8. The largest absolute Gasteiger partial charge is 0.454 e. The zero-order valence-corrected chi connectivity index (χ0v) is 41.2. The molecule has 4 aromatic heterocycles. The Kier molecular flexibility index (Phi) is 7.73. The molecule has 0 spiro atoms. The fraction of sp³-hybridized carbons (Fsp3) is 0.0149. The van der Waals surface area contributed by atoms with E-state index in [2.05, 4.69) is 244 Å². The number of rotatable bonds is 4. The van der Waals surface area contributed by atoms with Gasteiger partial charge in [0.1, 0.15) is 22.5 Å². The molecule has 8 heteroatoms. The number of hydrogen-bond acceptors (Lipinski definition) is 5. The Morgan fingerprint density at radius 3 is 1.11 bits per heavy atom. The van der Waals surface area contributed by atoms with Crippen LogP contribution in [0.25, 0.3) is 98.9 Å².